The van der Waals surface area contributed by atoms with Crippen molar-refractivity contribution in [3.05, 3.63) is 97.9 Å². The molecule has 3 aromatic carbocycles. The van der Waals surface area contributed by atoms with Crippen molar-refractivity contribution < 1.29 is 9.53 Å². The fourth-order valence-electron chi connectivity index (χ4n) is 3.25. The molecule has 1 aliphatic heterocycles. The van der Waals surface area contributed by atoms with Crippen LogP contribution in [0.25, 0.3) is 6.08 Å². The Morgan fingerprint density at radius 2 is 1.78 bits per heavy atom. The number of nitrogens with zero attached hydrogens (tertiary/aromatic N) is 1. The van der Waals surface area contributed by atoms with E-state index in [1.54, 1.807) is 29.2 Å². The fourth-order valence-corrected chi connectivity index (χ4v) is 4.93. The van der Waals surface area contributed by atoms with Gasteiger partial charge in [0.2, 0.25) is 0 Å². The van der Waals surface area contributed by atoms with Crippen molar-refractivity contribution in [3.63, 3.8) is 0 Å². The highest BCUT2D eigenvalue weighted by atomic mass is 35.5. The molecule has 4 rings (SSSR count). The van der Waals surface area contributed by atoms with Crippen LogP contribution in [0.4, 0.5) is 5.69 Å². The lowest BCUT2D eigenvalue weighted by molar-refractivity contribution is -0.113. The van der Waals surface area contributed by atoms with E-state index in [0.29, 0.717) is 37.2 Å². The molecule has 0 spiro atoms. The number of thioether (sulfide) groups is 1. The van der Waals surface area contributed by atoms with Gasteiger partial charge in [-0.1, -0.05) is 65.4 Å². The molecule has 0 saturated carbocycles. The van der Waals surface area contributed by atoms with E-state index in [0.717, 1.165) is 22.4 Å². The van der Waals surface area contributed by atoms with Gasteiger partial charge in [0.15, 0.2) is 4.32 Å². The predicted molar refractivity (Wildman–Crippen MR) is 139 cm³/mol. The number of hydrogen-bond donors (Lipinski definition) is 0. The van der Waals surface area contributed by atoms with Crippen molar-refractivity contribution in [1.82, 2.24) is 0 Å². The second-order valence-corrected chi connectivity index (χ2v) is 9.94. The maximum atomic E-state index is 13.2. The highest BCUT2D eigenvalue weighted by molar-refractivity contribution is 8.27. The van der Waals surface area contributed by atoms with Crippen LogP contribution in [0.2, 0.25) is 10.0 Å². The van der Waals surface area contributed by atoms with Crippen LogP contribution >= 0.6 is 47.2 Å². The van der Waals surface area contributed by atoms with Gasteiger partial charge in [0.1, 0.15) is 12.4 Å². The Balaban J connectivity index is 1.61. The van der Waals surface area contributed by atoms with E-state index in [1.807, 2.05) is 56.3 Å². The third-order valence-electron chi connectivity index (χ3n) is 5.08. The molecule has 32 heavy (non-hydrogen) atoms. The van der Waals surface area contributed by atoms with E-state index in [1.165, 1.54) is 11.8 Å². The zero-order chi connectivity index (χ0) is 22.8. The molecule has 0 atom stereocenters. The molecule has 3 aromatic rings. The van der Waals surface area contributed by atoms with Crippen LogP contribution in [-0.2, 0) is 11.4 Å². The summed E-state index contributed by atoms with van der Waals surface area (Å²) in [6.07, 6.45) is 1.78. The smallest absolute Gasteiger partial charge is 0.270 e. The molecule has 0 N–H and O–H groups in total. The average molecular weight is 500 g/mol. The largest absolute Gasteiger partial charge is 0.488 e. The Labute approximate surface area is 207 Å². The van der Waals surface area contributed by atoms with Gasteiger partial charge in [-0.25, -0.2) is 0 Å². The molecule has 1 aliphatic rings. The van der Waals surface area contributed by atoms with Crippen LogP contribution in [0.5, 0.6) is 5.75 Å². The summed E-state index contributed by atoms with van der Waals surface area (Å²) < 4.78 is 6.51. The average Bonchev–Trinajstić information content (AvgIpc) is 3.02. The lowest BCUT2D eigenvalue weighted by atomic mass is 10.1. The van der Waals surface area contributed by atoms with Gasteiger partial charge in [-0.3, -0.25) is 9.69 Å². The van der Waals surface area contributed by atoms with Gasteiger partial charge in [0, 0.05) is 15.6 Å². The molecule has 0 aliphatic carbocycles. The summed E-state index contributed by atoms with van der Waals surface area (Å²) in [5, 5.41) is 1.20. The van der Waals surface area contributed by atoms with E-state index in [-0.39, 0.29) is 5.91 Å². The van der Waals surface area contributed by atoms with Crippen LogP contribution in [-0.4, -0.2) is 10.2 Å². The normalized spacial score (nSPS) is 15.0. The van der Waals surface area contributed by atoms with Crippen LogP contribution in [0.1, 0.15) is 22.3 Å². The van der Waals surface area contributed by atoms with Crippen molar-refractivity contribution in [2.75, 3.05) is 4.90 Å². The Morgan fingerprint density at radius 3 is 2.53 bits per heavy atom. The summed E-state index contributed by atoms with van der Waals surface area (Å²) in [5.74, 6) is 0.454. The van der Waals surface area contributed by atoms with E-state index in [4.69, 9.17) is 40.2 Å². The molecule has 0 aromatic heterocycles. The van der Waals surface area contributed by atoms with Crippen molar-refractivity contribution in [2.45, 2.75) is 20.5 Å². The second kappa shape index (κ2) is 9.67. The number of benzene rings is 3. The Bertz CT molecular complexity index is 1260. The molecule has 1 fully saturated rings. The van der Waals surface area contributed by atoms with Gasteiger partial charge >= 0.3 is 0 Å². The molecule has 1 saturated heterocycles. The first-order valence-corrected chi connectivity index (χ1v) is 11.8. The molecule has 0 radical (unpaired) electrons. The molecule has 162 valence electrons. The van der Waals surface area contributed by atoms with Gasteiger partial charge < -0.3 is 4.74 Å². The number of aryl methyl sites for hydroxylation is 2. The van der Waals surface area contributed by atoms with Crippen molar-refractivity contribution in [1.29, 1.82) is 0 Å². The summed E-state index contributed by atoms with van der Waals surface area (Å²) in [6, 6.07) is 18.7. The molecule has 1 heterocycles. The molecular formula is C25H19Cl2NO2S2. The first-order chi connectivity index (χ1) is 15.3. The Kier molecular flexibility index (Phi) is 6.91. The molecule has 0 unspecified atom stereocenters. The maximum absolute atomic E-state index is 13.2. The predicted octanol–water partition coefficient (Wildman–Crippen LogP) is 7.60. The van der Waals surface area contributed by atoms with E-state index >= 15 is 0 Å². The van der Waals surface area contributed by atoms with Gasteiger partial charge in [0.05, 0.1) is 10.6 Å². The van der Waals surface area contributed by atoms with Gasteiger partial charge in [-0.15, -0.1) is 0 Å². The Hall–Kier alpha value is -2.31. The van der Waals surface area contributed by atoms with Crippen molar-refractivity contribution >= 4 is 69.2 Å². The molecule has 0 bridgehead atoms. The number of anilines is 1. The minimum absolute atomic E-state index is 0.163. The Morgan fingerprint density at radius 1 is 1.00 bits per heavy atom. The lowest BCUT2D eigenvalue weighted by Crippen LogP contribution is -2.27. The quantitative estimate of drug-likeness (QED) is 0.267. The van der Waals surface area contributed by atoms with Crippen molar-refractivity contribution in [3.8, 4) is 5.75 Å². The lowest BCUT2D eigenvalue weighted by Gasteiger charge is -2.16. The van der Waals surface area contributed by atoms with Crippen molar-refractivity contribution in [2.24, 2.45) is 0 Å². The monoisotopic (exact) mass is 499 g/mol. The third-order valence-corrected chi connectivity index (χ3v) is 6.86. The molecule has 7 heteroatoms. The number of hydrogen-bond acceptors (Lipinski definition) is 4. The highest BCUT2D eigenvalue weighted by Crippen LogP contribution is 2.38. The standard InChI is InChI=1S/C25H19Cl2NO2S2/c1-15-6-8-21(10-16(15)2)28-24(29)23(32-25(28)31)13-18-12-20(27)7-9-22(18)30-14-17-4-3-5-19(26)11-17/h3-13H,14H2,1-2H3/b23-13+. The van der Waals surface area contributed by atoms with Crippen LogP contribution in [0.3, 0.4) is 0 Å². The topological polar surface area (TPSA) is 29.5 Å². The first-order valence-electron chi connectivity index (χ1n) is 9.84. The number of amides is 1. The van der Waals surface area contributed by atoms with E-state index in [2.05, 4.69) is 0 Å². The van der Waals surface area contributed by atoms with Gasteiger partial charge in [-0.05, 0) is 79.1 Å². The minimum Gasteiger partial charge on any atom is -0.488 e. The first kappa shape index (κ1) is 22.9. The zero-order valence-electron chi connectivity index (χ0n) is 17.4. The van der Waals surface area contributed by atoms with Gasteiger partial charge in [-0.2, -0.15) is 0 Å². The second-order valence-electron chi connectivity index (χ2n) is 7.39. The van der Waals surface area contributed by atoms with Crippen LogP contribution in [0.15, 0.2) is 65.6 Å². The minimum atomic E-state index is -0.163. The number of carbonyl (C=O) groups excluding carboxylic acids is 1. The summed E-state index contributed by atoms with van der Waals surface area (Å²) in [4.78, 5) is 15.3. The number of halogens is 2. The van der Waals surface area contributed by atoms with Crippen LogP contribution < -0.4 is 9.64 Å². The number of ether oxygens (including phenoxy) is 1. The number of rotatable bonds is 5. The summed E-state index contributed by atoms with van der Waals surface area (Å²) in [6.45, 7) is 4.39. The molecule has 1 amide bonds. The van der Waals surface area contributed by atoms with Gasteiger partial charge in [0.25, 0.3) is 5.91 Å². The molecular weight excluding hydrogens is 481 g/mol. The summed E-state index contributed by atoms with van der Waals surface area (Å²) >= 11 is 19.1. The highest BCUT2D eigenvalue weighted by Gasteiger charge is 2.33. The fraction of sp³-hybridized carbons (Fsp3) is 0.120. The summed E-state index contributed by atoms with van der Waals surface area (Å²) in [5.41, 5.74) is 4.68. The zero-order valence-corrected chi connectivity index (χ0v) is 20.5. The number of thiocarbonyl (C=S) groups is 1. The number of carbonyl (C=O) groups is 1. The van der Waals surface area contributed by atoms with Crippen LogP contribution in [0, 0.1) is 13.8 Å². The molecule has 3 nitrogen and oxygen atoms in total. The maximum Gasteiger partial charge on any atom is 0.270 e. The SMILES string of the molecule is Cc1ccc(N2C(=O)/C(=C\c3cc(Cl)ccc3OCc3cccc(Cl)c3)SC2=S)cc1C. The van der Waals surface area contributed by atoms with E-state index in [9.17, 15) is 4.79 Å². The summed E-state index contributed by atoms with van der Waals surface area (Å²) in [7, 11) is 0. The van der Waals surface area contributed by atoms with E-state index < -0.39 is 0 Å². The third kappa shape index (κ3) is 5.02.